The zero-order valence-corrected chi connectivity index (χ0v) is 39.9. The number of hydrogen-bond acceptors (Lipinski definition) is 7. The van der Waals surface area contributed by atoms with Gasteiger partial charge in [-0.2, -0.15) is 0 Å². The molecular formula is C62H61NO7. The molecule has 0 unspecified atom stereocenters. The number of ether oxygens (including phenoxy) is 3. The highest BCUT2D eigenvalue weighted by atomic mass is 16.6. The van der Waals surface area contributed by atoms with E-state index in [4.69, 9.17) is 14.2 Å². The van der Waals surface area contributed by atoms with Crippen LogP contribution in [0.2, 0.25) is 0 Å². The maximum Gasteiger partial charge on any atom is 0.338 e. The number of allylic oxidation sites excluding steroid dienone is 1. The molecule has 8 heteroatoms. The van der Waals surface area contributed by atoms with Crippen LogP contribution in [0, 0.1) is 0 Å². The van der Waals surface area contributed by atoms with Gasteiger partial charge in [-0.25, -0.2) is 14.4 Å². The summed E-state index contributed by atoms with van der Waals surface area (Å²) < 4.78 is 18.7. The predicted octanol–water partition coefficient (Wildman–Crippen LogP) is 14.6. The van der Waals surface area contributed by atoms with Crippen molar-refractivity contribution in [1.82, 2.24) is 5.32 Å². The summed E-state index contributed by atoms with van der Waals surface area (Å²) in [5, 5.41) is 10.6. The lowest BCUT2D eigenvalue weighted by Crippen LogP contribution is -2.49. The van der Waals surface area contributed by atoms with Gasteiger partial charge in [0.2, 0.25) is 0 Å². The highest BCUT2D eigenvalue weighted by Crippen LogP contribution is 2.24. The lowest BCUT2D eigenvalue weighted by molar-refractivity contribution is -0.00222. The number of benzene rings is 8. The molecule has 8 nitrogen and oxygen atoms in total. The summed E-state index contributed by atoms with van der Waals surface area (Å²) in [6.45, 7) is 1.91. The molecule has 0 aliphatic carbocycles. The number of carbonyl (C=O) groups excluding carboxylic acids is 4. The predicted molar refractivity (Wildman–Crippen MR) is 281 cm³/mol. The summed E-state index contributed by atoms with van der Waals surface area (Å²) in [6.07, 6.45) is 13.0. The minimum absolute atomic E-state index is 0.132. The van der Waals surface area contributed by atoms with Gasteiger partial charge < -0.3 is 19.5 Å². The first-order chi connectivity index (χ1) is 34.3. The average Bonchev–Trinajstić information content (AvgIpc) is 3.40. The molecule has 356 valence electrons. The average molecular weight is 932 g/mol. The highest BCUT2D eigenvalue weighted by Gasteiger charge is 2.31. The van der Waals surface area contributed by atoms with E-state index >= 15 is 0 Å². The van der Waals surface area contributed by atoms with Crippen LogP contribution in [0.5, 0.6) is 0 Å². The van der Waals surface area contributed by atoms with Crippen LogP contribution in [-0.2, 0) is 14.2 Å². The van der Waals surface area contributed by atoms with Crippen molar-refractivity contribution in [3.05, 3.63) is 204 Å². The van der Waals surface area contributed by atoms with E-state index in [0.717, 1.165) is 62.4 Å². The fourth-order valence-electron chi connectivity index (χ4n) is 8.94. The summed E-state index contributed by atoms with van der Waals surface area (Å²) in [4.78, 5) is 56.5. The van der Waals surface area contributed by atoms with Crippen LogP contribution < -0.4 is 5.32 Å². The number of nitrogens with one attached hydrogen (secondary N) is 1. The summed E-state index contributed by atoms with van der Waals surface area (Å²) in [5.41, 5.74) is 1.46. The zero-order valence-electron chi connectivity index (χ0n) is 39.9. The van der Waals surface area contributed by atoms with Crippen LogP contribution >= 0.6 is 0 Å². The molecule has 0 saturated carbocycles. The SMILES string of the molecule is CCCCCCCCCC/C=C\[C@@H](CC[C@@H](OC(=O)c1ccc2ccccc2c1)[C@@H](COC(=O)c1ccc2ccccc2c1)NC(=O)c1ccc2ccccc2c1)OC(=O)c1ccc2ccccc2c1. The highest BCUT2D eigenvalue weighted by molar-refractivity contribution is 6.00. The van der Waals surface area contributed by atoms with E-state index in [0.29, 0.717) is 22.3 Å². The maximum absolute atomic E-state index is 14.3. The Kier molecular flexibility index (Phi) is 17.2. The van der Waals surface area contributed by atoms with Crippen molar-refractivity contribution in [3.8, 4) is 0 Å². The van der Waals surface area contributed by atoms with Crippen molar-refractivity contribution >= 4 is 66.9 Å². The number of hydrogen-bond donors (Lipinski definition) is 1. The molecule has 0 bridgehead atoms. The summed E-state index contributed by atoms with van der Waals surface area (Å²) in [6, 6.07) is 51.7. The van der Waals surface area contributed by atoms with Crippen LogP contribution in [0.3, 0.4) is 0 Å². The van der Waals surface area contributed by atoms with Crippen LogP contribution in [0.1, 0.15) is 119 Å². The number of unbranched alkanes of at least 4 members (excludes halogenated alkanes) is 8. The molecule has 0 aromatic heterocycles. The molecule has 1 N–H and O–H groups in total. The van der Waals surface area contributed by atoms with Gasteiger partial charge in [-0.15, -0.1) is 0 Å². The van der Waals surface area contributed by atoms with E-state index in [9.17, 15) is 19.2 Å². The summed E-state index contributed by atoms with van der Waals surface area (Å²) in [7, 11) is 0. The third-order valence-electron chi connectivity index (χ3n) is 13.0. The van der Waals surface area contributed by atoms with Crippen LogP contribution in [0.15, 0.2) is 182 Å². The normalized spacial score (nSPS) is 12.8. The second-order valence-electron chi connectivity index (χ2n) is 18.1. The molecule has 8 aromatic rings. The lowest BCUT2D eigenvalue weighted by Gasteiger charge is -2.29. The standard InChI is InChI=1S/C62H61NO7/c1-2-3-4-5-6-7-8-9-10-11-28-56(69-61(66)54-35-31-46-22-14-18-26-50(46)41-54)37-38-58(70-62(67)55-36-32-47-23-15-19-27-51(47)42-55)57(63-59(64)52-33-29-44-20-12-16-24-48(44)39-52)43-68-60(65)53-34-30-45-21-13-17-25-49(45)40-53/h11-36,39-42,56-58H,2-10,37-38,43H2,1H3,(H,63,64)/b28-11-/t56-,57+,58+/m0/s1. The van der Waals surface area contributed by atoms with Crippen LogP contribution in [0.25, 0.3) is 43.1 Å². The van der Waals surface area contributed by atoms with Crippen molar-refractivity contribution in [2.75, 3.05) is 6.61 Å². The quantitative estimate of drug-likeness (QED) is 0.0294. The smallest absolute Gasteiger partial charge is 0.338 e. The van der Waals surface area contributed by atoms with Gasteiger partial charge in [-0.3, -0.25) is 4.79 Å². The first-order valence-electron chi connectivity index (χ1n) is 24.8. The van der Waals surface area contributed by atoms with Crippen molar-refractivity contribution in [1.29, 1.82) is 0 Å². The molecule has 0 aliphatic rings. The molecule has 0 radical (unpaired) electrons. The number of amides is 1. The Morgan fingerprint density at radius 2 is 0.871 bits per heavy atom. The number of esters is 3. The van der Waals surface area contributed by atoms with Gasteiger partial charge in [0, 0.05) is 5.56 Å². The van der Waals surface area contributed by atoms with Gasteiger partial charge in [0.15, 0.2) is 0 Å². The van der Waals surface area contributed by atoms with Gasteiger partial charge in [0.1, 0.15) is 24.9 Å². The largest absolute Gasteiger partial charge is 0.460 e. The number of carbonyl (C=O) groups is 4. The monoisotopic (exact) mass is 931 g/mol. The Labute approximate surface area is 410 Å². The van der Waals surface area contributed by atoms with Crippen LogP contribution in [-0.4, -0.2) is 48.7 Å². The molecule has 3 atom stereocenters. The number of fused-ring (bicyclic) bond motifs is 4. The fourth-order valence-corrected chi connectivity index (χ4v) is 8.94. The van der Waals surface area contributed by atoms with Gasteiger partial charge in [-0.05, 0) is 123 Å². The summed E-state index contributed by atoms with van der Waals surface area (Å²) >= 11 is 0. The van der Waals surface area contributed by atoms with Crippen molar-refractivity contribution < 1.29 is 33.4 Å². The van der Waals surface area contributed by atoms with E-state index in [-0.39, 0.29) is 19.4 Å². The third kappa shape index (κ3) is 13.3. The molecule has 0 spiro atoms. The Balaban J connectivity index is 1.08. The van der Waals surface area contributed by atoms with E-state index in [1.807, 2.05) is 133 Å². The molecule has 0 saturated heterocycles. The first kappa shape index (κ1) is 48.9. The van der Waals surface area contributed by atoms with E-state index < -0.39 is 42.1 Å². The minimum Gasteiger partial charge on any atom is -0.460 e. The van der Waals surface area contributed by atoms with E-state index in [1.165, 1.54) is 38.5 Å². The van der Waals surface area contributed by atoms with E-state index in [1.54, 1.807) is 42.5 Å². The van der Waals surface area contributed by atoms with Crippen molar-refractivity contribution in [3.63, 3.8) is 0 Å². The second kappa shape index (κ2) is 24.6. The Bertz CT molecular complexity index is 3100. The van der Waals surface area contributed by atoms with Gasteiger partial charge in [0.05, 0.1) is 16.7 Å². The molecule has 0 heterocycles. The molecular weight excluding hydrogens is 871 g/mol. The molecule has 0 aliphatic heterocycles. The van der Waals surface area contributed by atoms with Gasteiger partial charge in [0.25, 0.3) is 5.91 Å². The topological polar surface area (TPSA) is 108 Å². The molecule has 70 heavy (non-hydrogen) atoms. The van der Waals surface area contributed by atoms with Crippen molar-refractivity contribution in [2.24, 2.45) is 0 Å². The Hall–Kier alpha value is -7.58. The Morgan fingerprint density at radius 1 is 0.457 bits per heavy atom. The van der Waals surface area contributed by atoms with Gasteiger partial charge in [-0.1, -0.05) is 179 Å². The summed E-state index contributed by atoms with van der Waals surface area (Å²) in [5.74, 6) is -2.13. The minimum atomic E-state index is -1.05. The lowest BCUT2D eigenvalue weighted by atomic mass is 10.0. The van der Waals surface area contributed by atoms with Crippen molar-refractivity contribution in [2.45, 2.75) is 95.8 Å². The molecule has 0 fully saturated rings. The maximum atomic E-state index is 14.3. The molecule has 1 amide bonds. The molecule has 8 rings (SSSR count). The zero-order chi connectivity index (χ0) is 48.5. The Morgan fingerprint density at radius 3 is 1.37 bits per heavy atom. The van der Waals surface area contributed by atoms with Gasteiger partial charge >= 0.3 is 17.9 Å². The second-order valence-corrected chi connectivity index (χ2v) is 18.1. The molecule has 8 aromatic carbocycles. The van der Waals surface area contributed by atoms with Crippen LogP contribution in [0.4, 0.5) is 0 Å². The first-order valence-corrected chi connectivity index (χ1v) is 24.8. The van der Waals surface area contributed by atoms with E-state index in [2.05, 4.69) is 18.3 Å². The third-order valence-corrected chi connectivity index (χ3v) is 13.0. The number of rotatable bonds is 23. The fraction of sp³-hybridized carbons (Fsp3) is 0.258.